The van der Waals surface area contributed by atoms with Gasteiger partial charge in [0, 0.05) is 0 Å². The first kappa shape index (κ1) is 11.9. The van der Waals surface area contributed by atoms with Crippen LogP contribution >= 0.6 is 0 Å². The van der Waals surface area contributed by atoms with Gasteiger partial charge in [0.15, 0.2) is 0 Å². The molecule has 0 radical (unpaired) electrons. The molecule has 4 heteroatoms. The van der Waals surface area contributed by atoms with Gasteiger partial charge in [-0.3, -0.25) is 9.63 Å². The summed E-state index contributed by atoms with van der Waals surface area (Å²) in [5, 5.41) is 8.88. The molecule has 0 aliphatic rings. The van der Waals surface area contributed by atoms with Crippen molar-refractivity contribution < 1.29 is 9.63 Å². The zero-order valence-corrected chi connectivity index (χ0v) is 8.39. The van der Waals surface area contributed by atoms with Gasteiger partial charge < -0.3 is 0 Å². The second-order valence-corrected chi connectivity index (χ2v) is 2.77. The van der Waals surface area contributed by atoms with Crippen LogP contribution in [-0.2, 0) is 9.63 Å². The first-order chi connectivity index (χ1) is 6.16. The van der Waals surface area contributed by atoms with Crippen LogP contribution in [0.2, 0.25) is 0 Å². The molecule has 1 amide bonds. The minimum atomic E-state index is -0.935. The Morgan fingerprint density at radius 2 is 2.00 bits per heavy atom. The van der Waals surface area contributed by atoms with Gasteiger partial charge in [-0.1, -0.05) is 13.8 Å². The summed E-state index contributed by atoms with van der Waals surface area (Å²) in [6, 6.07) is 2.03. The summed E-state index contributed by atoms with van der Waals surface area (Å²) in [7, 11) is 0. The van der Waals surface area contributed by atoms with Crippen molar-refractivity contribution in [2.45, 2.75) is 33.6 Å². The lowest BCUT2D eigenvalue weighted by atomic mass is 9.83. The van der Waals surface area contributed by atoms with E-state index in [1.165, 1.54) is 0 Å². The van der Waals surface area contributed by atoms with Crippen molar-refractivity contribution in [3.63, 3.8) is 0 Å². The van der Waals surface area contributed by atoms with E-state index in [2.05, 4.69) is 5.48 Å². The fraction of sp³-hybridized carbons (Fsp3) is 0.778. The van der Waals surface area contributed by atoms with Crippen LogP contribution in [0.25, 0.3) is 0 Å². The minimum Gasteiger partial charge on any atom is -0.274 e. The second-order valence-electron chi connectivity index (χ2n) is 2.77. The Balaban J connectivity index is 4.38. The molecule has 0 heterocycles. The number of nitrogens with zero attached hydrogens (tertiary/aromatic N) is 1. The average Bonchev–Trinajstić information content (AvgIpc) is 2.18. The third kappa shape index (κ3) is 2.71. The largest absolute Gasteiger partial charge is 0.274 e. The number of carbonyl (C=O) groups excluding carboxylic acids is 1. The van der Waals surface area contributed by atoms with Gasteiger partial charge in [-0.25, -0.2) is 5.48 Å². The predicted octanol–water partition coefficient (Wildman–Crippen LogP) is 1.38. The third-order valence-corrected chi connectivity index (χ3v) is 2.16. The van der Waals surface area contributed by atoms with E-state index in [-0.39, 0.29) is 5.91 Å². The highest BCUT2D eigenvalue weighted by molar-refractivity contribution is 5.84. The highest BCUT2D eigenvalue weighted by atomic mass is 16.6. The second kappa shape index (κ2) is 5.55. The van der Waals surface area contributed by atoms with Gasteiger partial charge in [0.2, 0.25) is 0 Å². The lowest BCUT2D eigenvalue weighted by molar-refractivity contribution is -0.141. The molecule has 0 rings (SSSR count). The summed E-state index contributed by atoms with van der Waals surface area (Å²) >= 11 is 0. The topological polar surface area (TPSA) is 62.1 Å². The zero-order chi connectivity index (χ0) is 10.3. The summed E-state index contributed by atoms with van der Waals surface area (Å²) in [4.78, 5) is 16.2. The van der Waals surface area contributed by atoms with Crippen LogP contribution < -0.4 is 5.48 Å². The molecule has 0 aliphatic carbocycles. The smallest absolute Gasteiger partial charge is 0.263 e. The molecule has 0 aromatic rings. The molecule has 0 saturated carbocycles. The number of amides is 1. The molecular weight excluding hydrogens is 168 g/mol. The first-order valence-electron chi connectivity index (χ1n) is 4.50. The van der Waals surface area contributed by atoms with Crippen molar-refractivity contribution in [3.8, 4) is 6.07 Å². The number of hydroxylamine groups is 1. The van der Waals surface area contributed by atoms with E-state index in [0.717, 1.165) is 0 Å². The molecule has 4 nitrogen and oxygen atoms in total. The number of hydrogen-bond donors (Lipinski definition) is 1. The van der Waals surface area contributed by atoms with Crippen molar-refractivity contribution in [1.29, 1.82) is 5.26 Å². The third-order valence-electron chi connectivity index (χ3n) is 2.16. The van der Waals surface area contributed by atoms with E-state index in [9.17, 15) is 4.79 Å². The molecule has 0 aromatic carbocycles. The lowest BCUT2D eigenvalue weighted by Gasteiger charge is -2.21. The van der Waals surface area contributed by atoms with Crippen molar-refractivity contribution in [2.24, 2.45) is 5.41 Å². The summed E-state index contributed by atoms with van der Waals surface area (Å²) in [5.41, 5.74) is 1.33. The number of carbonyl (C=O) groups is 1. The van der Waals surface area contributed by atoms with E-state index < -0.39 is 5.41 Å². The van der Waals surface area contributed by atoms with E-state index in [1.54, 1.807) is 6.92 Å². The standard InChI is InChI=1S/C9H16N2O2/c1-4-9(5-2,7-10)8(12)11-13-6-3/h4-6H2,1-3H3,(H,11,12). The zero-order valence-electron chi connectivity index (χ0n) is 8.39. The first-order valence-corrected chi connectivity index (χ1v) is 4.50. The highest BCUT2D eigenvalue weighted by Crippen LogP contribution is 2.25. The van der Waals surface area contributed by atoms with E-state index in [1.807, 2.05) is 19.9 Å². The Bertz CT molecular complexity index is 204. The average molecular weight is 184 g/mol. The number of hydrogen-bond acceptors (Lipinski definition) is 3. The SMILES string of the molecule is CCONC(=O)C(C#N)(CC)CC. The molecule has 0 fully saturated rings. The minimum absolute atomic E-state index is 0.346. The molecule has 1 N–H and O–H groups in total. The fourth-order valence-electron chi connectivity index (χ4n) is 1.02. The molecule has 0 unspecified atom stereocenters. The van der Waals surface area contributed by atoms with Crippen molar-refractivity contribution >= 4 is 5.91 Å². The molecule has 0 atom stereocenters. The van der Waals surface area contributed by atoms with Crippen LogP contribution in [0.3, 0.4) is 0 Å². The van der Waals surface area contributed by atoms with E-state index in [4.69, 9.17) is 10.1 Å². The molecule has 0 bridgehead atoms. The maximum absolute atomic E-state index is 11.5. The molecule has 74 valence electrons. The van der Waals surface area contributed by atoms with Crippen LogP contribution in [0.1, 0.15) is 33.6 Å². The molecule has 13 heavy (non-hydrogen) atoms. The molecular formula is C9H16N2O2. The summed E-state index contributed by atoms with van der Waals surface area (Å²) < 4.78 is 0. The number of nitriles is 1. The van der Waals surface area contributed by atoms with Crippen molar-refractivity contribution in [2.75, 3.05) is 6.61 Å². The molecule has 0 saturated heterocycles. The van der Waals surface area contributed by atoms with Gasteiger partial charge in [-0.2, -0.15) is 5.26 Å². The maximum Gasteiger partial charge on any atom is 0.263 e. The summed E-state index contributed by atoms with van der Waals surface area (Å²) in [5.74, 6) is -0.346. The van der Waals surface area contributed by atoms with Crippen LogP contribution in [0.4, 0.5) is 0 Å². The Hall–Kier alpha value is -1.08. The van der Waals surface area contributed by atoms with Crippen molar-refractivity contribution in [1.82, 2.24) is 5.48 Å². The quantitative estimate of drug-likeness (QED) is 0.656. The molecule has 0 spiro atoms. The van der Waals surface area contributed by atoms with Gasteiger partial charge in [-0.15, -0.1) is 0 Å². The van der Waals surface area contributed by atoms with E-state index in [0.29, 0.717) is 19.4 Å². The lowest BCUT2D eigenvalue weighted by Crippen LogP contribution is -2.39. The Labute approximate surface area is 78.8 Å². The van der Waals surface area contributed by atoms with Gasteiger partial charge in [0.05, 0.1) is 12.7 Å². The van der Waals surface area contributed by atoms with Crippen LogP contribution in [0.15, 0.2) is 0 Å². The molecule has 0 aliphatic heterocycles. The monoisotopic (exact) mass is 184 g/mol. The van der Waals surface area contributed by atoms with Crippen LogP contribution in [-0.4, -0.2) is 12.5 Å². The highest BCUT2D eigenvalue weighted by Gasteiger charge is 2.35. The Morgan fingerprint density at radius 1 is 1.46 bits per heavy atom. The molecule has 0 aromatic heterocycles. The van der Waals surface area contributed by atoms with Crippen LogP contribution in [0.5, 0.6) is 0 Å². The predicted molar refractivity (Wildman–Crippen MR) is 48.4 cm³/mol. The van der Waals surface area contributed by atoms with Gasteiger partial charge >= 0.3 is 0 Å². The normalized spacial score (nSPS) is 10.6. The van der Waals surface area contributed by atoms with Gasteiger partial charge in [0.25, 0.3) is 5.91 Å². The fourth-order valence-corrected chi connectivity index (χ4v) is 1.02. The number of rotatable bonds is 5. The Kier molecular flexibility index (Phi) is 5.09. The maximum atomic E-state index is 11.5. The number of nitrogens with one attached hydrogen (secondary N) is 1. The summed E-state index contributed by atoms with van der Waals surface area (Å²) in [6.45, 7) is 5.81. The van der Waals surface area contributed by atoms with E-state index >= 15 is 0 Å². The van der Waals surface area contributed by atoms with Gasteiger partial charge in [-0.05, 0) is 19.8 Å². The van der Waals surface area contributed by atoms with Gasteiger partial charge in [0.1, 0.15) is 5.41 Å². The summed E-state index contributed by atoms with van der Waals surface area (Å²) in [6.07, 6.45) is 0.998. The van der Waals surface area contributed by atoms with Crippen LogP contribution in [0, 0.1) is 16.7 Å². The Morgan fingerprint density at radius 3 is 2.31 bits per heavy atom. The van der Waals surface area contributed by atoms with Crippen molar-refractivity contribution in [3.05, 3.63) is 0 Å².